The summed E-state index contributed by atoms with van der Waals surface area (Å²) >= 11 is 0. The van der Waals surface area contributed by atoms with Crippen molar-refractivity contribution in [3.8, 4) is 5.75 Å². The summed E-state index contributed by atoms with van der Waals surface area (Å²) in [5.41, 5.74) is 2.30. The Labute approximate surface area is 159 Å². The van der Waals surface area contributed by atoms with Crippen LogP contribution in [0.1, 0.15) is 24.8 Å². The number of rotatable bonds is 7. The molecular formula is C21H26N4O2. The zero-order valence-electron chi connectivity index (χ0n) is 15.7. The number of nitrogens with one attached hydrogen (secondary N) is 1. The molecule has 0 saturated carbocycles. The Morgan fingerprint density at radius 3 is 3.15 bits per heavy atom. The highest BCUT2D eigenvalue weighted by atomic mass is 16.5. The van der Waals surface area contributed by atoms with Gasteiger partial charge >= 0.3 is 0 Å². The van der Waals surface area contributed by atoms with E-state index in [1.54, 1.807) is 19.6 Å². The van der Waals surface area contributed by atoms with Gasteiger partial charge in [-0.15, -0.1) is 0 Å². The number of piperazine rings is 1. The molecule has 1 aliphatic heterocycles. The van der Waals surface area contributed by atoms with Crippen LogP contribution in [0.15, 0.2) is 47.5 Å². The average molecular weight is 366 g/mol. The van der Waals surface area contributed by atoms with E-state index in [0.29, 0.717) is 6.04 Å². The SMILES string of the molecule is COc1cncnc1N1CCNC(CCCCc2coc3ccccc23)C1. The molecule has 6 nitrogen and oxygen atoms in total. The van der Waals surface area contributed by atoms with Gasteiger partial charge in [-0.3, -0.25) is 0 Å². The van der Waals surface area contributed by atoms with Crippen molar-refractivity contribution in [2.75, 3.05) is 31.6 Å². The second kappa shape index (κ2) is 8.39. The summed E-state index contributed by atoms with van der Waals surface area (Å²) < 4.78 is 11.1. The molecule has 1 N–H and O–H groups in total. The monoisotopic (exact) mass is 366 g/mol. The van der Waals surface area contributed by atoms with Gasteiger partial charge in [0.25, 0.3) is 0 Å². The van der Waals surface area contributed by atoms with Gasteiger partial charge in [0.15, 0.2) is 11.6 Å². The highest BCUT2D eigenvalue weighted by Crippen LogP contribution is 2.26. The van der Waals surface area contributed by atoms with Crippen molar-refractivity contribution in [1.29, 1.82) is 0 Å². The third-order valence-corrected chi connectivity index (χ3v) is 5.24. The van der Waals surface area contributed by atoms with E-state index in [2.05, 4.69) is 32.3 Å². The zero-order valence-corrected chi connectivity index (χ0v) is 15.7. The molecule has 1 atom stereocenters. The second-order valence-electron chi connectivity index (χ2n) is 7.01. The van der Waals surface area contributed by atoms with E-state index in [9.17, 15) is 0 Å². The predicted molar refractivity (Wildman–Crippen MR) is 106 cm³/mol. The third kappa shape index (κ3) is 4.06. The lowest BCUT2D eigenvalue weighted by Crippen LogP contribution is -2.51. The normalized spacial score (nSPS) is 17.4. The molecule has 1 aliphatic rings. The highest BCUT2D eigenvalue weighted by Gasteiger charge is 2.22. The van der Waals surface area contributed by atoms with Gasteiger partial charge in [0.1, 0.15) is 11.9 Å². The minimum absolute atomic E-state index is 0.472. The molecule has 1 fully saturated rings. The Morgan fingerprint density at radius 1 is 1.30 bits per heavy atom. The number of methoxy groups -OCH3 is 1. The quantitative estimate of drug-likeness (QED) is 0.647. The molecule has 0 radical (unpaired) electrons. The smallest absolute Gasteiger partial charge is 0.179 e. The number of hydrogen-bond acceptors (Lipinski definition) is 6. The van der Waals surface area contributed by atoms with Crippen molar-refractivity contribution in [3.63, 3.8) is 0 Å². The maximum Gasteiger partial charge on any atom is 0.179 e. The van der Waals surface area contributed by atoms with Crippen molar-refractivity contribution in [1.82, 2.24) is 15.3 Å². The molecule has 2 aromatic heterocycles. The molecule has 0 amide bonds. The van der Waals surface area contributed by atoms with Gasteiger partial charge in [0.2, 0.25) is 0 Å². The molecule has 1 unspecified atom stereocenters. The summed E-state index contributed by atoms with van der Waals surface area (Å²) in [6, 6.07) is 8.73. The first-order valence-electron chi connectivity index (χ1n) is 9.62. The molecule has 6 heteroatoms. The van der Waals surface area contributed by atoms with Gasteiger partial charge < -0.3 is 19.4 Å². The van der Waals surface area contributed by atoms with Crippen molar-refractivity contribution in [2.24, 2.45) is 0 Å². The molecule has 1 aromatic carbocycles. The number of furan rings is 1. The number of nitrogens with zero attached hydrogens (tertiary/aromatic N) is 3. The van der Waals surface area contributed by atoms with E-state index in [0.717, 1.165) is 49.6 Å². The largest absolute Gasteiger partial charge is 0.491 e. The van der Waals surface area contributed by atoms with Crippen LogP contribution in [0.5, 0.6) is 5.75 Å². The number of benzene rings is 1. The Bertz CT molecular complexity index is 879. The zero-order chi connectivity index (χ0) is 18.5. The van der Waals surface area contributed by atoms with Crippen LogP contribution in [0.4, 0.5) is 5.82 Å². The number of unbranched alkanes of at least 4 members (excludes halogenated alkanes) is 1. The van der Waals surface area contributed by atoms with Gasteiger partial charge in [-0.2, -0.15) is 0 Å². The van der Waals surface area contributed by atoms with Gasteiger partial charge in [0.05, 0.1) is 19.6 Å². The fraction of sp³-hybridized carbons (Fsp3) is 0.429. The molecule has 0 bridgehead atoms. The Morgan fingerprint density at radius 2 is 2.22 bits per heavy atom. The minimum Gasteiger partial charge on any atom is -0.491 e. The molecule has 3 aromatic rings. The van der Waals surface area contributed by atoms with Crippen LogP contribution in [0.25, 0.3) is 11.0 Å². The number of ether oxygens (including phenoxy) is 1. The van der Waals surface area contributed by atoms with Crippen molar-refractivity contribution >= 4 is 16.8 Å². The molecule has 142 valence electrons. The molecule has 4 rings (SSSR count). The number of hydrogen-bond donors (Lipinski definition) is 1. The predicted octanol–water partition coefficient (Wildman–Crippen LogP) is 3.42. The fourth-order valence-electron chi connectivity index (χ4n) is 3.84. The van der Waals surface area contributed by atoms with Gasteiger partial charge in [0, 0.05) is 31.1 Å². The summed E-state index contributed by atoms with van der Waals surface area (Å²) in [6.45, 7) is 2.84. The number of aryl methyl sites for hydroxylation is 1. The minimum atomic E-state index is 0.472. The van der Waals surface area contributed by atoms with E-state index in [4.69, 9.17) is 9.15 Å². The van der Waals surface area contributed by atoms with Crippen molar-refractivity contribution < 1.29 is 9.15 Å². The molecule has 3 heterocycles. The molecule has 0 spiro atoms. The second-order valence-corrected chi connectivity index (χ2v) is 7.01. The topological polar surface area (TPSA) is 63.4 Å². The lowest BCUT2D eigenvalue weighted by Gasteiger charge is -2.35. The fourth-order valence-corrected chi connectivity index (χ4v) is 3.84. The summed E-state index contributed by atoms with van der Waals surface area (Å²) in [7, 11) is 1.67. The Balaban J connectivity index is 1.28. The van der Waals surface area contributed by atoms with Crippen LogP contribution in [0.2, 0.25) is 0 Å². The first kappa shape index (κ1) is 17.8. The maximum atomic E-state index is 5.64. The first-order valence-corrected chi connectivity index (χ1v) is 9.62. The maximum absolute atomic E-state index is 5.64. The van der Waals surface area contributed by atoms with Gasteiger partial charge in [-0.05, 0) is 30.9 Å². The summed E-state index contributed by atoms with van der Waals surface area (Å²) in [6.07, 6.45) is 9.79. The van der Waals surface area contributed by atoms with E-state index < -0.39 is 0 Å². The van der Waals surface area contributed by atoms with E-state index in [1.165, 1.54) is 23.8 Å². The Kier molecular flexibility index (Phi) is 5.53. The summed E-state index contributed by atoms with van der Waals surface area (Å²) in [4.78, 5) is 10.8. The summed E-state index contributed by atoms with van der Waals surface area (Å²) in [5, 5.41) is 4.88. The number of anilines is 1. The number of fused-ring (bicyclic) bond motifs is 1. The lowest BCUT2D eigenvalue weighted by molar-refractivity contribution is 0.395. The third-order valence-electron chi connectivity index (χ3n) is 5.24. The van der Waals surface area contributed by atoms with E-state index >= 15 is 0 Å². The van der Waals surface area contributed by atoms with E-state index in [1.807, 2.05) is 18.4 Å². The van der Waals surface area contributed by atoms with Gasteiger partial charge in [-0.25, -0.2) is 9.97 Å². The van der Waals surface area contributed by atoms with Crippen LogP contribution in [0.3, 0.4) is 0 Å². The number of para-hydroxylation sites is 1. The highest BCUT2D eigenvalue weighted by molar-refractivity contribution is 5.80. The Hall–Kier alpha value is -2.60. The van der Waals surface area contributed by atoms with E-state index in [-0.39, 0.29) is 0 Å². The average Bonchev–Trinajstić information content (AvgIpc) is 3.14. The van der Waals surface area contributed by atoms with Crippen LogP contribution < -0.4 is 15.0 Å². The van der Waals surface area contributed by atoms with Crippen LogP contribution in [-0.2, 0) is 6.42 Å². The molecule has 27 heavy (non-hydrogen) atoms. The van der Waals surface area contributed by atoms with Gasteiger partial charge in [-0.1, -0.05) is 24.6 Å². The standard InChI is InChI=1S/C21H26N4O2/c1-26-20-12-22-15-24-21(20)25-11-10-23-17(13-25)7-3-2-6-16-14-27-19-9-5-4-8-18(16)19/h4-5,8-9,12,14-15,17,23H,2-3,6-7,10-11,13H2,1H3. The number of aromatic nitrogens is 2. The lowest BCUT2D eigenvalue weighted by atomic mass is 10.0. The molecular weight excluding hydrogens is 340 g/mol. The van der Waals surface area contributed by atoms with Crippen molar-refractivity contribution in [3.05, 3.63) is 48.6 Å². The van der Waals surface area contributed by atoms with Crippen LogP contribution in [0, 0.1) is 0 Å². The molecule has 0 aliphatic carbocycles. The van der Waals surface area contributed by atoms with Crippen LogP contribution >= 0.6 is 0 Å². The first-order chi connectivity index (χ1) is 13.3. The van der Waals surface area contributed by atoms with Crippen LogP contribution in [-0.4, -0.2) is 42.8 Å². The summed E-state index contributed by atoms with van der Waals surface area (Å²) in [5.74, 6) is 1.63. The van der Waals surface area contributed by atoms with Crippen molar-refractivity contribution in [2.45, 2.75) is 31.7 Å². The molecule has 1 saturated heterocycles.